The number of amides is 3. The van der Waals surface area contributed by atoms with Crippen molar-refractivity contribution in [1.82, 2.24) is 14.7 Å². The summed E-state index contributed by atoms with van der Waals surface area (Å²) in [6.07, 6.45) is 5.46. The molecule has 3 unspecified atom stereocenters. The smallest absolute Gasteiger partial charge is 0.409 e. The molecule has 7 heteroatoms. The summed E-state index contributed by atoms with van der Waals surface area (Å²) in [4.78, 5) is 44.3. The maximum atomic E-state index is 13.6. The molecule has 3 atom stereocenters. The van der Waals surface area contributed by atoms with Crippen molar-refractivity contribution in [2.75, 3.05) is 33.3 Å². The summed E-state index contributed by atoms with van der Waals surface area (Å²) >= 11 is 0. The first-order valence-corrected chi connectivity index (χ1v) is 11.1. The van der Waals surface area contributed by atoms with E-state index in [0.717, 1.165) is 25.7 Å². The van der Waals surface area contributed by atoms with Gasteiger partial charge in [-0.2, -0.15) is 0 Å². The van der Waals surface area contributed by atoms with Crippen LogP contribution in [0.2, 0.25) is 0 Å². The molecular formula is C23H31N3O4. The van der Waals surface area contributed by atoms with E-state index in [-0.39, 0.29) is 23.9 Å². The van der Waals surface area contributed by atoms with Crippen molar-refractivity contribution in [3.8, 4) is 0 Å². The molecule has 0 N–H and O–H groups in total. The maximum absolute atomic E-state index is 13.6. The van der Waals surface area contributed by atoms with Crippen LogP contribution in [-0.2, 0) is 9.53 Å². The summed E-state index contributed by atoms with van der Waals surface area (Å²) in [6, 6.07) is 9.05. The van der Waals surface area contributed by atoms with Crippen LogP contribution in [0.25, 0.3) is 0 Å². The first-order chi connectivity index (χ1) is 14.6. The van der Waals surface area contributed by atoms with Crippen molar-refractivity contribution < 1.29 is 19.1 Å². The lowest BCUT2D eigenvalue weighted by molar-refractivity contribution is -0.135. The third kappa shape index (κ3) is 4.02. The van der Waals surface area contributed by atoms with Crippen LogP contribution in [0, 0.1) is 5.92 Å². The number of carbonyl (C=O) groups is 3. The maximum Gasteiger partial charge on any atom is 0.409 e. The second-order valence-electron chi connectivity index (χ2n) is 8.58. The van der Waals surface area contributed by atoms with E-state index >= 15 is 0 Å². The number of hydrogen-bond donors (Lipinski definition) is 0. The second kappa shape index (κ2) is 9.06. The van der Waals surface area contributed by atoms with Crippen molar-refractivity contribution in [2.45, 2.75) is 50.6 Å². The molecule has 3 aliphatic rings. The fourth-order valence-electron chi connectivity index (χ4n) is 5.36. The molecule has 3 fully saturated rings. The average molecular weight is 414 g/mol. The Kier molecular flexibility index (Phi) is 6.25. The third-order valence-electron chi connectivity index (χ3n) is 6.87. The highest BCUT2D eigenvalue weighted by Gasteiger charge is 2.48. The van der Waals surface area contributed by atoms with Crippen molar-refractivity contribution in [1.29, 1.82) is 0 Å². The van der Waals surface area contributed by atoms with Crippen LogP contribution in [0.5, 0.6) is 0 Å². The van der Waals surface area contributed by atoms with E-state index in [4.69, 9.17) is 4.74 Å². The summed E-state index contributed by atoms with van der Waals surface area (Å²) in [5.74, 6) is 0.397. The van der Waals surface area contributed by atoms with Gasteiger partial charge in [0.25, 0.3) is 5.91 Å². The molecule has 162 valence electrons. The van der Waals surface area contributed by atoms with Crippen LogP contribution in [0.4, 0.5) is 4.79 Å². The van der Waals surface area contributed by atoms with Gasteiger partial charge in [-0.25, -0.2) is 4.79 Å². The zero-order chi connectivity index (χ0) is 21.1. The minimum absolute atomic E-state index is 0.0281. The number of rotatable bonds is 2. The van der Waals surface area contributed by atoms with Gasteiger partial charge in [0.15, 0.2) is 0 Å². The lowest BCUT2D eigenvalue weighted by atomic mass is 9.84. The molecule has 0 radical (unpaired) electrons. The van der Waals surface area contributed by atoms with Gasteiger partial charge < -0.3 is 19.4 Å². The Labute approximate surface area is 177 Å². The van der Waals surface area contributed by atoms with Gasteiger partial charge in [-0.15, -0.1) is 0 Å². The Morgan fingerprint density at radius 1 is 0.900 bits per heavy atom. The van der Waals surface area contributed by atoms with Gasteiger partial charge in [-0.1, -0.05) is 31.0 Å². The molecule has 1 aromatic rings. The summed E-state index contributed by atoms with van der Waals surface area (Å²) in [5, 5.41) is 0. The van der Waals surface area contributed by atoms with Gasteiger partial charge in [-0.3, -0.25) is 9.59 Å². The number of nitrogens with zero attached hydrogens (tertiary/aromatic N) is 3. The first kappa shape index (κ1) is 20.7. The number of methoxy groups -OCH3 is 1. The number of carbonyl (C=O) groups excluding carboxylic acids is 3. The predicted molar refractivity (Wildman–Crippen MR) is 112 cm³/mol. The number of fused-ring (bicyclic) bond motifs is 1. The number of benzene rings is 1. The summed E-state index contributed by atoms with van der Waals surface area (Å²) in [6.45, 7) is 2.13. The molecule has 1 aliphatic carbocycles. The quantitative estimate of drug-likeness (QED) is 0.748. The number of hydrogen-bond acceptors (Lipinski definition) is 4. The molecule has 3 amide bonds. The van der Waals surface area contributed by atoms with E-state index in [1.165, 1.54) is 13.5 Å². The van der Waals surface area contributed by atoms with E-state index in [1.807, 2.05) is 40.1 Å². The van der Waals surface area contributed by atoms with E-state index in [1.54, 1.807) is 4.90 Å². The predicted octanol–water partition coefficient (Wildman–Crippen LogP) is 2.76. The molecule has 0 bridgehead atoms. The normalized spacial score (nSPS) is 26.7. The minimum Gasteiger partial charge on any atom is -0.453 e. The van der Waals surface area contributed by atoms with Crippen LogP contribution < -0.4 is 0 Å². The molecule has 2 aliphatic heterocycles. The third-order valence-corrected chi connectivity index (χ3v) is 6.87. The Bertz CT molecular complexity index is 784. The van der Waals surface area contributed by atoms with Gasteiger partial charge in [0.1, 0.15) is 6.04 Å². The number of likely N-dealkylation sites (tertiary alicyclic amines) is 1. The summed E-state index contributed by atoms with van der Waals surface area (Å²) in [5.41, 5.74) is 0.647. The van der Waals surface area contributed by atoms with Crippen LogP contribution in [0.1, 0.15) is 48.9 Å². The van der Waals surface area contributed by atoms with Gasteiger partial charge in [0, 0.05) is 37.8 Å². The van der Waals surface area contributed by atoms with Crippen LogP contribution in [0.15, 0.2) is 30.3 Å². The fourth-order valence-corrected chi connectivity index (χ4v) is 5.36. The van der Waals surface area contributed by atoms with E-state index in [0.29, 0.717) is 44.1 Å². The van der Waals surface area contributed by atoms with Gasteiger partial charge in [-0.05, 0) is 43.7 Å². The van der Waals surface area contributed by atoms with Crippen molar-refractivity contribution in [2.24, 2.45) is 5.92 Å². The second-order valence-corrected chi connectivity index (χ2v) is 8.58. The van der Waals surface area contributed by atoms with Gasteiger partial charge in [0.05, 0.1) is 7.11 Å². The Morgan fingerprint density at radius 2 is 1.60 bits per heavy atom. The Morgan fingerprint density at radius 3 is 2.37 bits per heavy atom. The lowest BCUT2D eigenvalue weighted by Gasteiger charge is -2.35. The van der Waals surface area contributed by atoms with Gasteiger partial charge in [0.2, 0.25) is 5.91 Å². The Balaban J connectivity index is 1.54. The van der Waals surface area contributed by atoms with E-state index in [9.17, 15) is 14.4 Å². The number of ether oxygens (including phenoxy) is 1. The SMILES string of the molecule is COC(=O)N1CCCN(C(=O)C2CC3CCCCC3N2C(=O)c2ccccc2)CC1. The van der Waals surface area contributed by atoms with Crippen LogP contribution in [-0.4, -0.2) is 78.0 Å². The fraction of sp³-hybridized carbons (Fsp3) is 0.609. The molecule has 2 saturated heterocycles. The molecule has 0 aromatic heterocycles. The zero-order valence-electron chi connectivity index (χ0n) is 17.7. The van der Waals surface area contributed by atoms with Crippen LogP contribution >= 0.6 is 0 Å². The monoisotopic (exact) mass is 413 g/mol. The molecule has 7 nitrogen and oxygen atoms in total. The topological polar surface area (TPSA) is 70.2 Å². The molecule has 4 rings (SSSR count). The molecule has 1 saturated carbocycles. The zero-order valence-corrected chi connectivity index (χ0v) is 17.7. The van der Waals surface area contributed by atoms with Gasteiger partial charge >= 0.3 is 6.09 Å². The van der Waals surface area contributed by atoms with Crippen molar-refractivity contribution in [3.63, 3.8) is 0 Å². The summed E-state index contributed by atoms with van der Waals surface area (Å²) in [7, 11) is 1.38. The molecular weight excluding hydrogens is 382 g/mol. The highest BCUT2D eigenvalue weighted by Crippen LogP contribution is 2.41. The average Bonchev–Trinajstić information content (AvgIpc) is 3.00. The molecule has 0 spiro atoms. The molecule has 30 heavy (non-hydrogen) atoms. The van der Waals surface area contributed by atoms with Crippen molar-refractivity contribution >= 4 is 17.9 Å². The van der Waals surface area contributed by atoms with E-state index in [2.05, 4.69) is 0 Å². The standard InChI is InChI=1S/C23H31N3O4/c1-30-23(29)25-13-7-12-24(14-15-25)22(28)20-16-18-10-5-6-11-19(18)26(20)21(27)17-8-3-2-4-9-17/h2-4,8-9,18-20H,5-7,10-16H2,1H3. The van der Waals surface area contributed by atoms with E-state index < -0.39 is 6.04 Å². The summed E-state index contributed by atoms with van der Waals surface area (Å²) < 4.78 is 4.83. The van der Waals surface area contributed by atoms with Crippen molar-refractivity contribution in [3.05, 3.63) is 35.9 Å². The highest BCUT2D eigenvalue weighted by atomic mass is 16.5. The Hall–Kier alpha value is -2.57. The highest BCUT2D eigenvalue weighted by molar-refractivity contribution is 5.98. The lowest BCUT2D eigenvalue weighted by Crippen LogP contribution is -2.51. The largest absolute Gasteiger partial charge is 0.453 e. The molecule has 1 aromatic carbocycles. The minimum atomic E-state index is -0.407. The first-order valence-electron chi connectivity index (χ1n) is 11.1. The molecule has 2 heterocycles. The van der Waals surface area contributed by atoms with Crippen LogP contribution in [0.3, 0.4) is 0 Å².